The summed E-state index contributed by atoms with van der Waals surface area (Å²) >= 11 is 0. The zero-order chi connectivity index (χ0) is 14.4. The fourth-order valence-corrected chi connectivity index (χ4v) is 1.95. The molecule has 1 saturated heterocycles. The highest BCUT2D eigenvalue weighted by molar-refractivity contribution is 5.97. The van der Waals surface area contributed by atoms with Crippen molar-refractivity contribution in [2.45, 2.75) is 6.42 Å². The lowest BCUT2D eigenvalue weighted by atomic mass is 10.2. The SMILES string of the molecule is Nc1cccnc1C(=O)NCCC(=O)N1CCOCC1. The number of morpholine rings is 1. The van der Waals surface area contributed by atoms with Crippen LogP contribution in [0.15, 0.2) is 18.3 Å². The minimum atomic E-state index is -0.363. The number of rotatable bonds is 4. The monoisotopic (exact) mass is 278 g/mol. The van der Waals surface area contributed by atoms with Crippen LogP contribution in [0.25, 0.3) is 0 Å². The Morgan fingerprint density at radius 1 is 1.40 bits per heavy atom. The third-order valence-electron chi connectivity index (χ3n) is 3.04. The topological polar surface area (TPSA) is 97.5 Å². The van der Waals surface area contributed by atoms with Crippen molar-refractivity contribution in [3.8, 4) is 0 Å². The largest absolute Gasteiger partial charge is 0.397 e. The van der Waals surface area contributed by atoms with Gasteiger partial charge >= 0.3 is 0 Å². The van der Waals surface area contributed by atoms with E-state index in [1.807, 2.05) is 0 Å². The first kappa shape index (κ1) is 14.3. The van der Waals surface area contributed by atoms with Gasteiger partial charge in [0.2, 0.25) is 5.91 Å². The second kappa shape index (κ2) is 6.85. The van der Waals surface area contributed by atoms with Crippen LogP contribution in [0.4, 0.5) is 5.69 Å². The molecule has 1 aliphatic rings. The number of nitrogens with zero attached hydrogens (tertiary/aromatic N) is 2. The summed E-state index contributed by atoms with van der Waals surface area (Å²) in [7, 11) is 0. The molecule has 3 N–H and O–H groups in total. The van der Waals surface area contributed by atoms with Crippen LogP contribution in [-0.4, -0.2) is 54.5 Å². The summed E-state index contributed by atoms with van der Waals surface area (Å²) in [6, 6.07) is 3.27. The Morgan fingerprint density at radius 3 is 2.85 bits per heavy atom. The Bertz CT molecular complexity index is 486. The first-order valence-corrected chi connectivity index (χ1v) is 6.52. The highest BCUT2D eigenvalue weighted by Crippen LogP contribution is 2.06. The molecule has 0 aliphatic carbocycles. The molecule has 2 amide bonds. The van der Waals surface area contributed by atoms with E-state index in [1.54, 1.807) is 17.0 Å². The molecule has 0 bridgehead atoms. The highest BCUT2D eigenvalue weighted by Gasteiger charge is 2.17. The maximum absolute atomic E-state index is 11.9. The van der Waals surface area contributed by atoms with Crippen LogP contribution >= 0.6 is 0 Å². The lowest BCUT2D eigenvalue weighted by Crippen LogP contribution is -2.42. The Hall–Kier alpha value is -2.15. The zero-order valence-corrected chi connectivity index (χ0v) is 11.2. The summed E-state index contributed by atoms with van der Waals surface area (Å²) in [6.45, 7) is 2.64. The van der Waals surface area contributed by atoms with Crippen molar-refractivity contribution in [1.82, 2.24) is 15.2 Å². The number of nitrogen functional groups attached to an aromatic ring is 1. The van der Waals surface area contributed by atoms with Crippen LogP contribution < -0.4 is 11.1 Å². The molecule has 7 heteroatoms. The number of hydrogen-bond donors (Lipinski definition) is 2. The van der Waals surface area contributed by atoms with Crippen LogP contribution in [0, 0.1) is 0 Å². The lowest BCUT2D eigenvalue weighted by molar-refractivity contribution is -0.135. The quantitative estimate of drug-likeness (QED) is 0.784. The van der Waals surface area contributed by atoms with Gasteiger partial charge in [0.05, 0.1) is 18.9 Å². The number of pyridine rings is 1. The number of carbonyl (C=O) groups is 2. The van der Waals surface area contributed by atoms with Crippen LogP contribution in [-0.2, 0) is 9.53 Å². The number of nitrogens with one attached hydrogen (secondary N) is 1. The zero-order valence-electron chi connectivity index (χ0n) is 11.2. The molecule has 2 heterocycles. The van der Waals surface area contributed by atoms with E-state index in [1.165, 1.54) is 6.20 Å². The van der Waals surface area contributed by atoms with Gasteiger partial charge in [0, 0.05) is 32.3 Å². The van der Waals surface area contributed by atoms with E-state index >= 15 is 0 Å². The van der Waals surface area contributed by atoms with Crippen molar-refractivity contribution >= 4 is 17.5 Å². The minimum Gasteiger partial charge on any atom is -0.397 e. The minimum absolute atomic E-state index is 0.0163. The van der Waals surface area contributed by atoms with Gasteiger partial charge in [-0.3, -0.25) is 9.59 Å². The molecule has 0 aromatic carbocycles. The van der Waals surface area contributed by atoms with Crippen LogP contribution in [0.2, 0.25) is 0 Å². The number of anilines is 1. The average molecular weight is 278 g/mol. The number of hydrogen-bond acceptors (Lipinski definition) is 5. The number of carbonyl (C=O) groups excluding carboxylic acids is 2. The maximum Gasteiger partial charge on any atom is 0.272 e. The second-order valence-electron chi connectivity index (χ2n) is 4.44. The van der Waals surface area contributed by atoms with Crippen molar-refractivity contribution in [2.24, 2.45) is 0 Å². The molecule has 0 atom stereocenters. The van der Waals surface area contributed by atoms with Crippen LogP contribution in [0.5, 0.6) is 0 Å². The summed E-state index contributed by atoms with van der Waals surface area (Å²) in [5, 5.41) is 2.65. The van der Waals surface area contributed by atoms with E-state index in [-0.39, 0.29) is 30.5 Å². The van der Waals surface area contributed by atoms with Gasteiger partial charge in [0.15, 0.2) is 5.69 Å². The Kier molecular flexibility index (Phi) is 4.89. The van der Waals surface area contributed by atoms with Gasteiger partial charge in [-0.15, -0.1) is 0 Å². The molecular formula is C13H18N4O3. The molecule has 20 heavy (non-hydrogen) atoms. The Labute approximate surface area is 117 Å². The fraction of sp³-hybridized carbons (Fsp3) is 0.462. The normalized spacial score (nSPS) is 14.9. The van der Waals surface area contributed by atoms with E-state index < -0.39 is 0 Å². The molecule has 1 aromatic heterocycles. The third-order valence-corrected chi connectivity index (χ3v) is 3.04. The summed E-state index contributed by atoms with van der Waals surface area (Å²) in [4.78, 5) is 29.3. The van der Waals surface area contributed by atoms with Gasteiger partial charge in [0.25, 0.3) is 5.91 Å². The van der Waals surface area contributed by atoms with E-state index in [9.17, 15) is 9.59 Å². The van der Waals surface area contributed by atoms with E-state index in [4.69, 9.17) is 10.5 Å². The Balaban J connectivity index is 1.76. The van der Waals surface area contributed by atoms with Gasteiger partial charge in [-0.25, -0.2) is 4.98 Å². The summed E-state index contributed by atoms with van der Waals surface area (Å²) in [5.74, 6) is -0.347. The number of ether oxygens (including phenoxy) is 1. The molecule has 1 aliphatic heterocycles. The van der Waals surface area contributed by atoms with Crippen LogP contribution in [0.3, 0.4) is 0 Å². The molecule has 0 saturated carbocycles. The summed E-state index contributed by atoms with van der Waals surface area (Å²) in [6.07, 6.45) is 1.77. The first-order valence-electron chi connectivity index (χ1n) is 6.52. The smallest absolute Gasteiger partial charge is 0.272 e. The van der Waals surface area contributed by atoms with Gasteiger partial charge < -0.3 is 20.7 Å². The molecule has 108 valence electrons. The van der Waals surface area contributed by atoms with Gasteiger partial charge in [-0.2, -0.15) is 0 Å². The van der Waals surface area contributed by atoms with Gasteiger partial charge in [-0.1, -0.05) is 0 Å². The molecular weight excluding hydrogens is 260 g/mol. The van der Waals surface area contributed by atoms with Crippen molar-refractivity contribution in [3.63, 3.8) is 0 Å². The number of amides is 2. The second-order valence-corrected chi connectivity index (χ2v) is 4.44. The van der Waals surface area contributed by atoms with Crippen molar-refractivity contribution in [2.75, 3.05) is 38.6 Å². The lowest BCUT2D eigenvalue weighted by Gasteiger charge is -2.26. The molecule has 0 unspecified atom stereocenters. The van der Waals surface area contributed by atoms with E-state index in [0.29, 0.717) is 32.0 Å². The molecule has 2 rings (SSSR count). The van der Waals surface area contributed by atoms with Gasteiger partial charge in [0.1, 0.15) is 0 Å². The van der Waals surface area contributed by atoms with Crippen LogP contribution in [0.1, 0.15) is 16.9 Å². The fourth-order valence-electron chi connectivity index (χ4n) is 1.95. The molecule has 1 fully saturated rings. The number of aromatic nitrogens is 1. The predicted octanol–water partition coefficient (Wildman–Crippen LogP) is -0.357. The third kappa shape index (κ3) is 3.67. The van der Waals surface area contributed by atoms with Crippen molar-refractivity contribution in [3.05, 3.63) is 24.0 Å². The average Bonchev–Trinajstić information content (AvgIpc) is 2.48. The number of nitrogens with two attached hydrogens (primary N) is 1. The molecule has 7 nitrogen and oxygen atoms in total. The molecule has 0 spiro atoms. The summed E-state index contributed by atoms with van der Waals surface area (Å²) < 4.78 is 5.18. The molecule has 0 radical (unpaired) electrons. The van der Waals surface area contributed by atoms with E-state index in [2.05, 4.69) is 10.3 Å². The highest BCUT2D eigenvalue weighted by atomic mass is 16.5. The predicted molar refractivity (Wildman–Crippen MR) is 73.0 cm³/mol. The van der Waals surface area contributed by atoms with E-state index in [0.717, 1.165) is 0 Å². The summed E-state index contributed by atoms with van der Waals surface area (Å²) in [5.41, 5.74) is 6.17. The van der Waals surface area contributed by atoms with Crippen molar-refractivity contribution < 1.29 is 14.3 Å². The molecule has 1 aromatic rings. The van der Waals surface area contributed by atoms with Crippen molar-refractivity contribution in [1.29, 1.82) is 0 Å². The maximum atomic E-state index is 11.9. The first-order chi connectivity index (χ1) is 9.68. The standard InChI is InChI=1S/C13H18N4O3/c14-10-2-1-4-15-12(10)13(19)16-5-3-11(18)17-6-8-20-9-7-17/h1-2,4H,3,5-9,14H2,(H,16,19). The van der Waals surface area contributed by atoms with Gasteiger partial charge in [-0.05, 0) is 12.1 Å². The Morgan fingerprint density at radius 2 is 2.15 bits per heavy atom.